The van der Waals surface area contributed by atoms with Gasteiger partial charge < -0.3 is 0 Å². The quantitative estimate of drug-likeness (QED) is 0.574. The van der Waals surface area contributed by atoms with E-state index in [1.165, 1.54) is 0 Å². The maximum atomic E-state index is 10.4. The fourth-order valence-corrected chi connectivity index (χ4v) is 0.788. The van der Waals surface area contributed by atoms with E-state index >= 15 is 0 Å². The average molecular weight is 158 g/mol. The van der Waals surface area contributed by atoms with Gasteiger partial charge in [-0.2, -0.15) is 0 Å². The number of hydrogen-bond donors (Lipinski definition) is 0. The number of aldehydes is 1. The van der Waals surface area contributed by atoms with Crippen LogP contribution in [0.4, 0.5) is 0 Å². The Morgan fingerprint density at radius 3 is 1.58 bits per heavy atom. The van der Waals surface area contributed by atoms with Crippen LogP contribution in [0.5, 0.6) is 0 Å². The van der Waals surface area contributed by atoms with Crippen molar-refractivity contribution in [2.75, 3.05) is 0 Å². The van der Waals surface area contributed by atoms with Gasteiger partial charge in [0.1, 0.15) is 6.29 Å². The number of carbonyl (C=O) groups is 1. The Morgan fingerprint density at radius 1 is 0.750 bits per heavy atom. The highest BCUT2D eigenvalue weighted by atomic mass is 16.1. The van der Waals surface area contributed by atoms with E-state index in [4.69, 9.17) is 0 Å². The summed E-state index contributed by atoms with van der Waals surface area (Å²) in [6.07, 6.45) is 0.833. The van der Waals surface area contributed by atoms with E-state index in [2.05, 4.69) is 0 Å². The molecule has 12 heavy (non-hydrogen) atoms. The van der Waals surface area contributed by atoms with Crippen LogP contribution in [0.1, 0.15) is 10.4 Å². The van der Waals surface area contributed by atoms with Crippen molar-refractivity contribution in [2.24, 2.45) is 0 Å². The van der Waals surface area contributed by atoms with Gasteiger partial charge in [-0.25, -0.2) is 0 Å². The summed E-state index contributed by atoms with van der Waals surface area (Å²) in [7, 11) is 0. The van der Waals surface area contributed by atoms with Crippen LogP contribution in [0.25, 0.3) is 0 Å². The van der Waals surface area contributed by atoms with Crippen molar-refractivity contribution in [3.8, 4) is 0 Å². The molecule has 0 atom stereocenters. The first-order valence-corrected chi connectivity index (χ1v) is 3.77. The van der Waals surface area contributed by atoms with Gasteiger partial charge in [0.2, 0.25) is 0 Å². The second-order valence-electron chi connectivity index (χ2n) is 2.30. The van der Waals surface area contributed by atoms with Gasteiger partial charge in [-0.1, -0.05) is 54.6 Å². The molecule has 0 aliphatic heterocycles. The van der Waals surface area contributed by atoms with Gasteiger partial charge >= 0.3 is 0 Å². The van der Waals surface area contributed by atoms with Crippen molar-refractivity contribution in [3.63, 3.8) is 0 Å². The van der Waals surface area contributed by atoms with Crippen LogP contribution < -0.4 is 0 Å². The van der Waals surface area contributed by atoms with Crippen LogP contribution in [0.15, 0.2) is 54.6 Å². The molecule has 0 aromatic heterocycles. The lowest BCUT2D eigenvalue weighted by molar-refractivity contribution is 0.112. The standard InChI is InChI=1S/C11H10O/c12-10-11-8-6-4-2-1-3-5-7-9-11/h1-10H. The molecule has 0 aliphatic rings. The first kappa shape index (κ1) is 8.47. The Kier molecular flexibility index (Phi) is 3.58. The topological polar surface area (TPSA) is 17.1 Å². The molecule has 1 nitrogen and oxygen atoms in total. The molecule has 0 radical (unpaired) electrons. The van der Waals surface area contributed by atoms with E-state index in [1.54, 1.807) is 12.1 Å². The molecule has 0 unspecified atom stereocenters. The molecule has 0 heterocycles. The first-order chi connectivity index (χ1) is 5.93. The minimum absolute atomic E-state index is 0.672. The second kappa shape index (κ2) is 5.08. The average Bonchev–Trinajstić information content (AvgIpc) is 2.14. The Hall–Kier alpha value is -1.63. The van der Waals surface area contributed by atoms with Crippen LogP contribution in [-0.2, 0) is 0 Å². The molecule has 1 aromatic carbocycles. The maximum Gasteiger partial charge on any atom is 0.150 e. The van der Waals surface area contributed by atoms with E-state index in [-0.39, 0.29) is 0 Å². The third-order valence-electron chi connectivity index (χ3n) is 1.38. The van der Waals surface area contributed by atoms with Crippen LogP contribution in [-0.4, -0.2) is 6.29 Å². The minimum Gasteiger partial charge on any atom is -0.298 e. The third kappa shape index (κ3) is 2.97. The summed E-state index contributed by atoms with van der Waals surface area (Å²) in [4.78, 5) is 10.4. The van der Waals surface area contributed by atoms with Crippen molar-refractivity contribution in [1.82, 2.24) is 0 Å². The van der Waals surface area contributed by atoms with E-state index < -0.39 is 0 Å². The summed E-state index contributed by atoms with van der Waals surface area (Å²) in [6, 6.07) is 16.7. The smallest absolute Gasteiger partial charge is 0.150 e. The van der Waals surface area contributed by atoms with E-state index in [0.29, 0.717) is 5.56 Å². The van der Waals surface area contributed by atoms with E-state index in [0.717, 1.165) is 6.29 Å². The Labute approximate surface area is 72.0 Å². The van der Waals surface area contributed by atoms with Crippen molar-refractivity contribution < 1.29 is 4.79 Å². The molecule has 0 amide bonds. The molecule has 1 aromatic rings. The minimum atomic E-state index is 0.672. The molecule has 0 N–H and O–H groups in total. The van der Waals surface area contributed by atoms with Gasteiger partial charge in [0.15, 0.2) is 0 Å². The van der Waals surface area contributed by atoms with E-state index in [1.807, 2.05) is 42.5 Å². The number of hydrogen-bond acceptors (Lipinski definition) is 1. The van der Waals surface area contributed by atoms with Crippen molar-refractivity contribution >= 4 is 6.29 Å². The molecule has 0 saturated carbocycles. The first-order valence-electron chi connectivity index (χ1n) is 3.77. The summed E-state index contributed by atoms with van der Waals surface area (Å²) in [5.41, 5.74) is 0.672. The highest BCUT2D eigenvalue weighted by molar-refractivity contribution is 5.73. The maximum absolute atomic E-state index is 10.4. The zero-order chi connectivity index (χ0) is 8.65. The van der Waals surface area contributed by atoms with Crippen molar-refractivity contribution in [3.05, 3.63) is 60.2 Å². The van der Waals surface area contributed by atoms with Crippen molar-refractivity contribution in [1.29, 1.82) is 0 Å². The number of rotatable bonds is 1. The van der Waals surface area contributed by atoms with Gasteiger partial charge in [0.05, 0.1) is 0 Å². The fourth-order valence-electron chi connectivity index (χ4n) is 0.788. The Balaban J connectivity index is 3.15. The zero-order valence-corrected chi connectivity index (χ0v) is 6.68. The molecular weight excluding hydrogens is 148 g/mol. The number of carbonyl (C=O) groups excluding carboxylic acids is 1. The molecule has 0 fully saturated rings. The van der Waals surface area contributed by atoms with Crippen molar-refractivity contribution in [2.45, 2.75) is 0 Å². The lowest BCUT2D eigenvalue weighted by Gasteiger charge is -1.79. The normalized spacial score (nSPS) is 8.33. The van der Waals surface area contributed by atoms with Gasteiger partial charge in [-0.3, -0.25) is 4.79 Å². The molecule has 0 aliphatic carbocycles. The van der Waals surface area contributed by atoms with Crippen LogP contribution >= 0.6 is 0 Å². The van der Waals surface area contributed by atoms with Gasteiger partial charge in [0.25, 0.3) is 0 Å². The molecule has 0 bridgehead atoms. The summed E-state index contributed by atoms with van der Waals surface area (Å²) < 4.78 is 0. The Bertz CT molecular complexity index is 279. The fraction of sp³-hybridized carbons (Fsp3) is 0. The summed E-state index contributed by atoms with van der Waals surface area (Å²) in [5, 5.41) is 0. The predicted octanol–water partition coefficient (Wildman–Crippen LogP) is 2.62. The van der Waals surface area contributed by atoms with Crippen LogP contribution in [0.2, 0.25) is 0 Å². The summed E-state index contributed by atoms with van der Waals surface area (Å²) in [6.45, 7) is 0. The molecule has 1 rings (SSSR count). The summed E-state index contributed by atoms with van der Waals surface area (Å²) in [5.74, 6) is 0. The van der Waals surface area contributed by atoms with Crippen LogP contribution in [0.3, 0.4) is 0 Å². The lowest BCUT2D eigenvalue weighted by Crippen LogP contribution is -1.70. The highest BCUT2D eigenvalue weighted by Gasteiger charge is 1.77. The molecule has 60 valence electrons. The molecule has 1 heteroatoms. The van der Waals surface area contributed by atoms with Gasteiger partial charge in [0, 0.05) is 5.56 Å². The second-order valence-corrected chi connectivity index (χ2v) is 2.30. The highest BCUT2D eigenvalue weighted by Crippen LogP contribution is 1.89. The Morgan fingerprint density at radius 2 is 1.17 bits per heavy atom. The molecule has 0 spiro atoms. The largest absolute Gasteiger partial charge is 0.298 e. The molecule has 0 saturated heterocycles. The summed E-state index contributed by atoms with van der Waals surface area (Å²) >= 11 is 0. The monoisotopic (exact) mass is 158 g/mol. The van der Waals surface area contributed by atoms with Crippen LogP contribution in [0, 0.1) is 0 Å². The third-order valence-corrected chi connectivity index (χ3v) is 1.38. The van der Waals surface area contributed by atoms with Gasteiger partial charge in [-0.05, 0) is 0 Å². The molecular formula is C11H10O. The lowest BCUT2D eigenvalue weighted by atomic mass is 10.3. The van der Waals surface area contributed by atoms with Gasteiger partial charge in [-0.15, -0.1) is 0 Å². The SMILES string of the molecule is O=Cc1ccccccccc1. The zero-order valence-electron chi connectivity index (χ0n) is 6.68. The predicted molar refractivity (Wildman–Crippen MR) is 49.5 cm³/mol. The van der Waals surface area contributed by atoms with E-state index in [9.17, 15) is 4.79 Å².